The maximum Gasteiger partial charge on any atom is 0.136 e. The Hall–Kier alpha value is -8.09. The summed E-state index contributed by atoms with van der Waals surface area (Å²) in [5.41, 5.74) is 14.3. The van der Waals surface area contributed by atoms with E-state index in [1.807, 2.05) is 22.7 Å². The zero-order valence-corrected chi connectivity index (χ0v) is 37.4. The summed E-state index contributed by atoms with van der Waals surface area (Å²) in [6.07, 6.45) is 0.690. The number of pyridine rings is 1. The summed E-state index contributed by atoms with van der Waals surface area (Å²) in [4.78, 5) is 5.98. The highest BCUT2D eigenvalue weighted by molar-refractivity contribution is 7.26. The molecule has 1 aliphatic rings. The molecule has 5 heteroatoms. The molecule has 0 atom stereocenters. The highest BCUT2D eigenvalue weighted by atomic mass is 32.1. The highest BCUT2D eigenvalue weighted by Crippen LogP contribution is 2.51. The molecule has 5 aromatic heterocycles. The first-order chi connectivity index (χ1) is 33.2. The van der Waals surface area contributed by atoms with Crippen molar-refractivity contribution in [2.24, 2.45) is 0 Å². The number of rotatable bonds is 2. The molecule has 67 heavy (non-hydrogen) atoms. The molecule has 0 saturated heterocycles. The van der Waals surface area contributed by atoms with Gasteiger partial charge in [0.15, 0.2) is 0 Å². The third kappa shape index (κ3) is 5.02. The van der Waals surface area contributed by atoms with Crippen molar-refractivity contribution in [3.63, 3.8) is 0 Å². The van der Waals surface area contributed by atoms with Gasteiger partial charge in [0.1, 0.15) is 11.2 Å². The molecular formula is C62H34N2OS2. The lowest BCUT2D eigenvalue weighted by molar-refractivity contribution is 0.669. The fourth-order valence-electron chi connectivity index (χ4n) is 11.6. The van der Waals surface area contributed by atoms with Crippen molar-refractivity contribution in [2.45, 2.75) is 6.42 Å². The fourth-order valence-corrected chi connectivity index (χ4v) is 13.9. The Kier molecular flexibility index (Phi) is 7.16. The molecule has 10 aromatic carbocycles. The molecule has 0 unspecified atom stereocenters. The lowest BCUT2D eigenvalue weighted by Gasteiger charge is -2.21. The van der Waals surface area contributed by atoms with Crippen LogP contribution >= 0.6 is 22.7 Å². The normalized spacial score (nSPS) is 12.7. The largest absolute Gasteiger partial charge is 0.456 e. The van der Waals surface area contributed by atoms with E-state index in [9.17, 15) is 0 Å². The highest BCUT2D eigenvalue weighted by Gasteiger charge is 2.29. The van der Waals surface area contributed by atoms with E-state index in [1.54, 1.807) is 0 Å². The molecule has 310 valence electrons. The van der Waals surface area contributed by atoms with Crippen molar-refractivity contribution in [3.8, 4) is 39.3 Å². The van der Waals surface area contributed by atoms with Crippen LogP contribution in [0.3, 0.4) is 0 Å². The molecule has 2 bridgehead atoms. The van der Waals surface area contributed by atoms with E-state index in [0.29, 0.717) is 6.42 Å². The standard InChI is InChI=1S/C62H34N2OS2/c1-3-13-37-31-51-44(29-35(37)11-1)39-24-23-34-27-46-45(60-49(64(51)50(39)28-34)25-26-52-61(60)47-30-36-12-2-4-14-38(36)32-53(47)65-52)33-48(40-17-9-21-56-58(40)41-15-5-7-19-54(41)66-56)63-62(46)43-18-10-22-57-59(43)42-16-6-8-20-55(42)67-57/h1-26,28-33H,27H2. The number of hydrogen-bond donors (Lipinski definition) is 0. The molecule has 0 saturated carbocycles. The first-order valence-electron chi connectivity index (χ1n) is 22.9. The second-order valence-electron chi connectivity index (χ2n) is 18.1. The molecule has 0 fully saturated rings. The van der Waals surface area contributed by atoms with Crippen LogP contribution in [0.5, 0.6) is 0 Å². The SMILES string of the molecule is c1ccc2cc3c(cc2c1)oc1ccc2c(c13)-c1cc(-c3cccc4sc5ccccc5c34)nc(-c3cccc4sc5ccccc5c34)c1Cc1ccc3c4cc5ccccc5cc4n-2c3c1. The van der Waals surface area contributed by atoms with Crippen LogP contribution in [0.15, 0.2) is 199 Å². The van der Waals surface area contributed by atoms with Crippen LogP contribution in [0.25, 0.3) is 145 Å². The quantitative estimate of drug-likeness (QED) is 0.173. The van der Waals surface area contributed by atoms with Gasteiger partial charge in [-0.1, -0.05) is 121 Å². The molecule has 3 nitrogen and oxygen atoms in total. The molecule has 0 amide bonds. The van der Waals surface area contributed by atoms with Gasteiger partial charge in [0.05, 0.1) is 28.1 Å². The Morgan fingerprint density at radius 2 is 1.03 bits per heavy atom. The van der Waals surface area contributed by atoms with Gasteiger partial charge in [-0.05, 0) is 111 Å². The number of thiophene rings is 2. The number of fused-ring (bicyclic) bond motifs is 20. The minimum Gasteiger partial charge on any atom is -0.456 e. The van der Waals surface area contributed by atoms with Crippen LogP contribution in [0.2, 0.25) is 0 Å². The zero-order valence-electron chi connectivity index (χ0n) is 35.8. The van der Waals surface area contributed by atoms with E-state index >= 15 is 0 Å². The minimum atomic E-state index is 0.690. The molecule has 16 rings (SSSR count). The predicted octanol–water partition coefficient (Wildman–Crippen LogP) is 18.0. The van der Waals surface area contributed by atoms with Crippen molar-refractivity contribution in [1.29, 1.82) is 0 Å². The van der Waals surface area contributed by atoms with Crippen LogP contribution in [-0.4, -0.2) is 9.55 Å². The van der Waals surface area contributed by atoms with Gasteiger partial charge in [-0.25, -0.2) is 4.98 Å². The van der Waals surface area contributed by atoms with E-state index in [0.717, 1.165) is 61.1 Å². The lowest BCUT2D eigenvalue weighted by atomic mass is 9.86. The van der Waals surface area contributed by atoms with E-state index in [-0.39, 0.29) is 0 Å². The second-order valence-corrected chi connectivity index (χ2v) is 20.3. The first-order valence-corrected chi connectivity index (χ1v) is 24.5. The molecule has 0 aliphatic carbocycles. The van der Waals surface area contributed by atoms with Gasteiger partial charge in [0.25, 0.3) is 0 Å². The van der Waals surface area contributed by atoms with Gasteiger partial charge < -0.3 is 8.98 Å². The second kappa shape index (κ2) is 13.3. The summed E-state index contributed by atoms with van der Waals surface area (Å²) in [5, 5.41) is 14.6. The number of aromatic nitrogens is 2. The van der Waals surface area contributed by atoms with Crippen molar-refractivity contribution in [2.75, 3.05) is 0 Å². The zero-order chi connectivity index (χ0) is 43.5. The van der Waals surface area contributed by atoms with E-state index in [4.69, 9.17) is 9.40 Å². The molecule has 0 N–H and O–H groups in total. The molecule has 0 radical (unpaired) electrons. The molecule has 6 heterocycles. The lowest BCUT2D eigenvalue weighted by Crippen LogP contribution is -2.03. The maximum absolute atomic E-state index is 6.99. The van der Waals surface area contributed by atoms with E-state index in [1.165, 1.54) is 95.0 Å². The topological polar surface area (TPSA) is 31.0 Å². The van der Waals surface area contributed by atoms with Crippen molar-refractivity contribution < 1.29 is 4.42 Å². The first kappa shape index (κ1) is 36.2. The molecule has 0 spiro atoms. The van der Waals surface area contributed by atoms with Crippen LogP contribution in [0.1, 0.15) is 11.1 Å². The minimum absolute atomic E-state index is 0.690. The van der Waals surface area contributed by atoms with Crippen LogP contribution in [0.4, 0.5) is 0 Å². The van der Waals surface area contributed by atoms with Crippen LogP contribution < -0.4 is 0 Å². The van der Waals surface area contributed by atoms with Gasteiger partial charge in [0, 0.05) is 85.0 Å². The Balaban J connectivity index is 1.13. The Morgan fingerprint density at radius 1 is 0.418 bits per heavy atom. The summed E-state index contributed by atoms with van der Waals surface area (Å²) in [6.45, 7) is 0. The Morgan fingerprint density at radius 3 is 1.78 bits per heavy atom. The summed E-state index contributed by atoms with van der Waals surface area (Å²) in [6, 6.07) is 72.1. The summed E-state index contributed by atoms with van der Waals surface area (Å²) in [7, 11) is 0. The maximum atomic E-state index is 6.99. The number of hydrogen-bond acceptors (Lipinski definition) is 4. The van der Waals surface area contributed by atoms with Crippen LogP contribution in [0, 0.1) is 0 Å². The van der Waals surface area contributed by atoms with Gasteiger partial charge >= 0.3 is 0 Å². The summed E-state index contributed by atoms with van der Waals surface area (Å²) < 4.78 is 14.6. The Bertz CT molecular complexity index is 4680. The average Bonchev–Trinajstić information content (AvgIpc) is 4.13. The van der Waals surface area contributed by atoms with Crippen molar-refractivity contribution >= 4 is 128 Å². The van der Waals surface area contributed by atoms with Gasteiger partial charge in [-0.2, -0.15) is 0 Å². The van der Waals surface area contributed by atoms with Crippen molar-refractivity contribution in [1.82, 2.24) is 9.55 Å². The smallest absolute Gasteiger partial charge is 0.136 e. The third-order valence-corrected chi connectivity index (χ3v) is 16.8. The van der Waals surface area contributed by atoms with E-state index in [2.05, 4.69) is 199 Å². The molecule has 15 aromatic rings. The number of nitrogens with zero attached hydrogens (tertiary/aromatic N) is 2. The molecule has 1 aliphatic heterocycles. The van der Waals surface area contributed by atoms with E-state index < -0.39 is 0 Å². The van der Waals surface area contributed by atoms with Crippen molar-refractivity contribution in [3.05, 3.63) is 205 Å². The van der Waals surface area contributed by atoms with Gasteiger partial charge in [-0.15, -0.1) is 22.7 Å². The molecular weight excluding hydrogens is 853 g/mol. The van der Waals surface area contributed by atoms with Gasteiger partial charge in [-0.3, -0.25) is 0 Å². The monoisotopic (exact) mass is 886 g/mol. The van der Waals surface area contributed by atoms with Crippen LogP contribution in [-0.2, 0) is 6.42 Å². The predicted molar refractivity (Wildman–Crippen MR) is 286 cm³/mol. The summed E-state index contributed by atoms with van der Waals surface area (Å²) >= 11 is 3.71. The Labute approximate surface area is 391 Å². The van der Waals surface area contributed by atoms with Gasteiger partial charge in [0.2, 0.25) is 0 Å². The third-order valence-electron chi connectivity index (χ3n) is 14.5. The fraction of sp³-hybridized carbons (Fsp3) is 0.0161. The number of furan rings is 1. The average molecular weight is 887 g/mol. The number of benzene rings is 10. The summed E-state index contributed by atoms with van der Waals surface area (Å²) in [5.74, 6) is 0.